The molecule has 1 atom stereocenters. The summed E-state index contributed by atoms with van der Waals surface area (Å²) in [7, 11) is 1.74. The highest BCUT2D eigenvalue weighted by atomic mass is 16.5. The average Bonchev–Trinajstić information content (AvgIpc) is 3.28. The fourth-order valence-electron chi connectivity index (χ4n) is 4.35. The van der Waals surface area contributed by atoms with Crippen molar-refractivity contribution in [2.45, 2.75) is 18.9 Å². The second-order valence-electron chi connectivity index (χ2n) is 8.18. The normalized spacial score (nSPS) is 17.6. The van der Waals surface area contributed by atoms with Crippen LogP contribution < -0.4 is 16.0 Å². The molecule has 1 fully saturated rings. The van der Waals surface area contributed by atoms with Gasteiger partial charge in [-0.1, -0.05) is 12.1 Å². The number of anilines is 3. The van der Waals surface area contributed by atoms with E-state index in [0.717, 1.165) is 37.2 Å². The lowest BCUT2D eigenvalue weighted by Crippen LogP contribution is -2.36. The molecule has 1 aromatic carbocycles. The summed E-state index contributed by atoms with van der Waals surface area (Å²) in [5.41, 5.74) is 11.6. The Bertz CT molecular complexity index is 1180. The first-order valence-corrected chi connectivity index (χ1v) is 11.0. The molecule has 0 bridgehead atoms. The number of carbonyl (C=O) groups is 1. The lowest BCUT2D eigenvalue weighted by atomic mass is 10.0. The Hall–Kier alpha value is -3.56. The quantitative estimate of drug-likeness (QED) is 0.614. The average molecular weight is 447 g/mol. The number of morpholine rings is 1. The number of nitrogens with one attached hydrogen (secondary N) is 1. The van der Waals surface area contributed by atoms with E-state index in [4.69, 9.17) is 15.2 Å². The first kappa shape index (κ1) is 21.3. The van der Waals surface area contributed by atoms with Gasteiger partial charge < -0.3 is 25.4 Å². The molecule has 3 N–H and O–H groups in total. The summed E-state index contributed by atoms with van der Waals surface area (Å²) in [5.74, 6) is -0.348. The zero-order valence-electron chi connectivity index (χ0n) is 18.5. The van der Waals surface area contributed by atoms with Crippen LogP contribution in [0.3, 0.4) is 0 Å². The molecule has 170 valence electrons. The van der Waals surface area contributed by atoms with E-state index in [9.17, 15) is 4.79 Å². The molecule has 5 rings (SSSR count). The molecule has 1 saturated heterocycles. The summed E-state index contributed by atoms with van der Waals surface area (Å²) in [5, 5.41) is 2.92. The first-order chi connectivity index (χ1) is 16.1. The van der Waals surface area contributed by atoms with Crippen molar-refractivity contribution in [3.05, 3.63) is 59.7 Å². The Morgan fingerprint density at radius 3 is 2.82 bits per heavy atom. The maximum Gasteiger partial charge on any atom is 0.278 e. The minimum Gasteiger partial charge on any atom is -0.382 e. The number of hydrogen-bond donors (Lipinski definition) is 2. The highest BCUT2D eigenvalue weighted by Gasteiger charge is 2.23. The van der Waals surface area contributed by atoms with E-state index in [2.05, 4.69) is 37.3 Å². The molecular formula is C24H26N6O3. The zero-order valence-corrected chi connectivity index (χ0v) is 18.5. The van der Waals surface area contributed by atoms with Crippen LogP contribution in [0.2, 0.25) is 0 Å². The van der Waals surface area contributed by atoms with Crippen LogP contribution in [0.15, 0.2) is 42.9 Å². The number of fused-ring (bicyclic) bond motifs is 1. The molecule has 2 aliphatic rings. The molecule has 9 heteroatoms. The van der Waals surface area contributed by atoms with Crippen molar-refractivity contribution < 1.29 is 14.3 Å². The number of nitrogens with two attached hydrogens (primary N) is 1. The minimum atomic E-state index is -0.426. The smallest absolute Gasteiger partial charge is 0.278 e. The molecule has 1 unspecified atom stereocenters. The molecule has 1 aliphatic heterocycles. The predicted molar refractivity (Wildman–Crippen MR) is 125 cm³/mol. The van der Waals surface area contributed by atoms with Crippen LogP contribution in [0.4, 0.5) is 17.2 Å². The maximum atomic E-state index is 13.1. The fraction of sp³-hybridized carbons (Fsp3) is 0.333. The van der Waals surface area contributed by atoms with Gasteiger partial charge in [0.15, 0.2) is 11.5 Å². The standard InChI is InChI=1S/C24H26N6O3/c1-32-18-11-15-2-3-16(10-17(15)12-18)19-14-27-23(25)22(28-19)24(31)29-20-13-26-5-4-21(20)30-6-8-33-9-7-30/h2-5,10,13-14,18H,6-9,11-12H2,1H3,(H2,25,27)(H,29,31). The fourth-order valence-corrected chi connectivity index (χ4v) is 4.35. The molecule has 2 aromatic heterocycles. The molecule has 3 heterocycles. The third-order valence-electron chi connectivity index (χ3n) is 6.14. The molecule has 1 aliphatic carbocycles. The number of aromatic nitrogens is 3. The number of amides is 1. The molecule has 0 spiro atoms. The van der Waals surface area contributed by atoms with Crippen LogP contribution in [0.1, 0.15) is 21.6 Å². The Balaban J connectivity index is 1.40. The molecule has 33 heavy (non-hydrogen) atoms. The van der Waals surface area contributed by atoms with Gasteiger partial charge in [-0.3, -0.25) is 9.78 Å². The Morgan fingerprint density at radius 1 is 1.18 bits per heavy atom. The summed E-state index contributed by atoms with van der Waals surface area (Å²) in [6.45, 7) is 2.77. The van der Waals surface area contributed by atoms with E-state index in [1.165, 1.54) is 11.1 Å². The third-order valence-corrected chi connectivity index (χ3v) is 6.14. The van der Waals surface area contributed by atoms with Crippen LogP contribution in [-0.4, -0.2) is 60.4 Å². The van der Waals surface area contributed by atoms with Crippen molar-refractivity contribution >= 4 is 23.1 Å². The Labute approximate surface area is 192 Å². The molecule has 0 radical (unpaired) electrons. The third kappa shape index (κ3) is 4.37. The number of benzene rings is 1. The van der Waals surface area contributed by atoms with Gasteiger partial charge >= 0.3 is 0 Å². The van der Waals surface area contributed by atoms with Gasteiger partial charge in [-0.05, 0) is 36.1 Å². The van der Waals surface area contributed by atoms with E-state index in [-0.39, 0.29) is 17.6 Å². The van der Waals surface area contributed by atoms with Gasteiger partial charge in [0, 0.05) is 32.0 Å². The van der Waals surface area contributed by atoms with Gasteiger partial charge in [0.1, 0.15) is 0 Å². The molecular weight excluding hydrogens is 420 g/mol. The van der Waals surface area contributed by atoms with Crippen molar-refractivity contribution in [2.24, 2.45) is 0 Å². The summed E-state index contributed by atoms with van der Waals surface area (Å²) in [6.07, 6.45) is 6.90. The van der Waals surface area contributed by atoms with Gasteiger partial charge in [0.2, 0.25) is 0 Å². The van der Waals surface area contributed by atoms with E-state index in [1.54, 1.807) is 25.7 Å². The maximum absolute atomic E-state index is 13.1. The Kier molecular flexibility index (Phi) is 5.89. The van der Waals surface area contributed by atoms with Gasteiger partial charge in [-0.15, -0.1) is 0 Å². The molecule has 1 amide bonds. The van der Waals surface area contributed by atoms with E-state index in [0.29, 0.717) is 24.6 Å². The topological polar surface area (TPSA) is 115 Å². The van der Waals surface area contributed by atoms with Crippen molar-refractivity contribution in [2.75, 3.05) is 49.4 Å². The first-order valence-electron chi connectivity index (χ1n) is 11.0. The van der Waals surface area contributed by atoms with Gasteiger partial charge in [0.05, 0.1) is 48.8 Å². The summed E-state index contributed by atoms with van der Waals surface area (Å²) in [4.78, 5) is 28.3. The van der Waals surface area contributed by atoms with Crippen LogP contribution in [0.25, 0.3) is 11.3 Å². The Morgan fingerprint density at radius 2 is 2.00 bits per heavy atom. The largest absolute Gasteiger partial charge is 0.382 e. The van der Waals surface area contributed by atoms with Crippen LogP contribution >= 0.6 is 0 Å². The monoisotopic (exact) mass is 446 g/mol. The molecule has 9 nitrogen and oxygen atoms in total. The number of ether oxygens (including phenoxy) is 2. The summed E-state index contributed by atoms with van der Waals surface area (Å²) < 4.78 is 10.9. The summed E-state index contributed by atoms with van der Waals surface area (Å²) in [6, 6.07) is 8.06. The summed E-state index contributed by atoms with van der Waals surface area (Å²) >= 11 is 0. The number of rotatable bonds is 5. The zero-order chi connectivity index (χ0) is 22.8. The highest BCUT2D eigenvalue weighted by molar-refractivity contribution is 6.07. The van der Waals surface area contributed by atoms with Crippen LogP contribution in [-0.2, 0) is 22.3 Å². The van der Waals surface area contributed by atoms with E-state index in [1.807, 2.05) is 12.1 Å². The van der Waals surface area contributed by atoms with Crippen molar-refractivity contribution in [1.82, 2.24) is 15.0 Å². The van der Waals surface area contributed by atoms with Crippen LogP contribution in [0.5, 0.6) is 0 Å². The number of hydrogen-bond acceptors (Lipinski definition) is 8. The number of nitrogen functional groups attached to an aromatic ring is 1. The van der Waals surface area contributed by atoms with Crippen molar-refractivity contribution in [1.29, 1.82) is 0 Å². The lowest BCUT2D eigenvalue weighted by molar-refractivity contribution is 0.102. The van der Waals surface area contributed by atoms with Crippen molar-refractivity contribution in [3.8, 4) is 11.3 Å². The second kappa shape index (κ2) is 9.13. The number of methoxy groups -OCH3 is 1. The number of pyridine rings is 1. The minimum absolute atomic E-state index is 0.0775. The molecule has 0 saturated carbocycles. The van der Waals surface area contributed by atoms with Gasteiger partial charge in [-0.25, -0.2) is 9.97 Å². The number of nitrogens with zero attached hydrogens (tertiary/aromatic N) is 4. The van der Waals surface area contributed by atoms with Gasteiger partial charge in [0.25, 0.3) is 5.91 Å². The predicted octanol–water partition coefficient (Wildman–Crippen LogP) is 2.32. The molecule has 3 aromatic rings. The van der Waals surface area contributed by atoms with Crippen LogP contribution in [0, 0.1) is 0 Å². The lowest BCUT2D eigenvalue weighted by Gasteiger charge is -2.30. The van der Waals surface area contributed by atoms with E-state index < -0.39 is 5.91 Å². The SMILES string of the molecule is COC1Cc2ccc(-c3cnc(N)c(C(=O)Nc4cnccc4N4CCOCC4)n3)cc2C1. The van der Waals surface area contributed by atoms with Crippen molar-refractivity contribution in [3.63, 3.8) is 0 Å². The van der Waals surface area contributed by atoms with E-state index >= 15 is 0 Å². The second-order valence-corrected chi connectivity index (χ2v) is 8.18. The highest BCUT2D eigenvalue weighted by Crippen LogP contribution is 2.30. The van der Waals surface area contributed by atoms with Gasteiger partial charge in [-0.2, -0.15) is 0 Å². The number of carbonyl (C=O) groups excluding carboxylic acids is 1.